The van der Waals surface area contributed by atoms with Crippen molar-refractivity contribution < 1.29 is 13.2 Å². The minimum atomic E-state index is -4.32. The monoisotopic (exact) mass is 200 g/mol. The summed E-state index contributed by atoms with van der Waals surface area (Å²) in [6.07, 6.45) is -2.85. The van der Waals surface area contributed by atoms with Gasteiger partial charge in [0.2, 0.25) is 0 Å². The van der Waals surface area contributed by atoms with Gasteiger partial charge < -0.3 is 4.57 Å². The number of halogens is 3. The highest BCUT2D eigenvalue weighted by Gasteiger charge is 2.34. The molecule has 2 heterocycles. The Kier molecular flexibility index (Phi) is 1.77. The molecule has 0 spiro atoms. The molecule has 0 unspecified atom stereocenters. The van der Waals surface area contributed by atoms with Gasteiger partial charge in [-0.2, -0.15) is 13.2 Å². The Morgan fingerprint density at radius 1 is 1.36 bits per heavy atom. The molecule has 0 bridgehead atoms. The molecule has 0 saturated carbocycles. The number of pyridine rings is 1. The molecule has 0 aromatic carbocycles. The molecule has 74 valence electrons. The second kappa shape index (κ2) is 2.73. The fourth-order valence-electron chi connectivity index (χ4n) is 1.43. The van der Waals surface area contributed by atoms with Crippen molar-refractivity contribution in [3.63, 3.8) is 0 Å². The maximum Gasteiger partial charge on any atom is 0.431 e. The van der Waals surface area contributed by atoms with Crippen molar-refractivity contribution in [3.05, 3.63) is 30.1 Å². The molecule has 5 heteroatoms. The number of alkyl halides is 3. The van der Waals surface area contributed by atoms with Crippen LogP contribution in [-0.2, 0) is 13.2 Å². The van der Waals surface area contributed by atoms with Crippen molar-refractivity contribution in [1.82, 2.24) is 9.55 Å². The van der Waals surface area contributed by atoms with Gasteiger partial charge in [0.25, 0.3) is 0 Å². The number of fused-ring (bicyclic) bond motifs is 1. The Hall–Kier alpha value is -1.52. The molecule has 0 saturated heterocycles. The van der Waals surface area contributed by atoms with Crippen molar-refractivity contribution >= 4 is 11.0 Å². The third-order valence-electron chi connectivity index (χ3n) is 2.08. The lowest BCUT2D eigenvalue weighted by molar-refractivity contribution is -0.142. The largest absolute Gasteiger partial charge is 0.431 e. The minimum absolute atomic E-state index is 0.347. The molecule has 0 radical (unpaired) electrons. The van der Waals surface area contributed by atoms with E-state index >= 15 is 0 Å². The third kappa shape index (κ3) is 1.25. The van der Waals surface area contributed by atoms with Gasteiger partial charge in [-0.25, -0.2) is 4.98 Å². The topological polar surface area (TPSA) is 17.8 Å². The number of rotatable bonds is 0. The van der Waals surface area contributed by atoms with Crippen LogP contribution in [0.25, 0.3) is 11.0 Å². The van der Waals surface area contributed by atoms with E-state index in [9.17, 15) is 13.2 Å². The molecule has 0 aliphatic heterocycles. The molecule has 2 aromatic rings. The number of hydrogen-bond acceptors (Lipinski definition) is 1. The van der Waals surface area contributed by atoms with Gasteiger partial charge in [0, 0.05) is 18.6 Å². The predicted molar refractivity (Wildman–Crippen MR) is 45.7 cm³/mol. The highest BCUT2D eigenvalue weighted by Crippen LogP contribution is 2.32. The standard InChI is InChI=1S/C9H7F3N2/c1-14-7(9(10,11)12)5-6-3-2-4-13-8(6)14/h2-5H,1H3. The predicted octanol–water partition coefficient (Wildman–Crippen LogP) is 2.59. The van der Waals surface area contributed by atoms with Crippen molar-refractivity contribution in [3.8, 4) is 0 Å². The third-order valence-corrected chi connectivity index (χ3v) is 2.08. The van der Waals surface area contributed by atoms with E-state index < -0.39 is 11.9 Å². The van der Waals surface area contributed by atoms with Crippen LogP contribution in [0, 0.1) is 0 Å². The van der Waals surface area contributed by atoms with Crippen LogP contribution < -0.4 is 0 Å². The van der Waals surface area contributed by atoms with Gasteiger partial charge in [0.05, 0.1) is 0 Å². The summed E-state index contributed by atoms with van der Waals surface area (Å²) in [6.45, 7) is 0. The van der Waals surface area contributed by atoms with Crippen molar-refractivity contribution in [2.75, 3.05) is 0 Å². The molecule has 0 aliphatic rings. The number of aryl methyl sites for hydroxylation is 1. The van der Waals surface area contributed by atoms with Gasteiger partial charge in [0.1, 0.15) is 11.3 Å². The SMILES string of the molecule is Cn1c(C(F)(F)F)cc2cccnc21. The van der Waals surface area contributed by atoms with Gasteiger partial charge >= 0.3 is 6.18 Å². The lowest BCUT2D eigenvalue weighted by atomic mass is 10.3. The van der Waals surface area contributed by atoms with Gasteiger partial charge in [-0.05, 0) is 18.2 Å². The second-order valence-electron chi connectivity index (χ2n) is 3.00. The van der Waals surface area contributed by atoms with Crippen LogP contribution >= 0.6 is 0 Å². The summed E-state index contributed by atoms with van der Waals surface area (Å²) in [7, 11) is 1.36. The first-order valence-electron chi connectivity index (χ1n) is 3.98. The van der Waals surface area contributed by atoms with Crippen molar-refractivity contribution in [2.24, 2.45) is 7.05 Å². The molecule has 14 heavy (non-hydrogen) atoms. The average molecular weight is 200 g/mol. The van der Waals surface area contributed by atoms with E-state index in [2.05, 4.69) is 4.98 Å². The molecule has 0 amide bonds. The fourth-order valence-corrected chi connectivity index (χ4v) is 1.43. The van der Waals surface area contributed by atoms with Gasteiger partial charge in [0.15, 0.2) is 0 Å². The highest BCUT2D eigenvalue weighted by atomic mass is 19.4. The van der Waals surface area contributed by atoms with Crippen LogP contribution in [0.4, 0.5) is 13.2 Å². The first-order valence-corrected chi connectivity index (χ1v) is 3.98. The Morgan fingerprint density at radius 3 is 2.64 bits per heavy atom. The van der Waals surface area contributed by atoms with Crippen molar-refractivity contribution in [2.45, 2.75) is 6.18 Å². The molecule has 2 nitrogen and oxygen atoms in total. The van der Waals surface area contributed by atoms with Crippen LogP contribution in [0.1, 0.15) is 5.69 Å². The van der Waals surface area contributed by atoms with Gasteiger partial charge in [-0.3, -0.25) is 0 Å². The molecular weight excluding hydrogens is 193 g/mol. The number of nitrogens with zero attached hydrogens (tertiary/aromatic N) is 2. The average Bonchev–Trinajstić information content (AvgIpc) is 2.44. The number of hydrogen-bond donors (Lipinski definition) is 0. The summed E-state index contributed by atoms with van der Waals surface area (Å²) >= 11 is 0. The quantitative estimate of drug-likeness (QED) is 0.639. The minimum Gasteiger partial charge on any atom is -0.325 e. The van der Waals surface area contributed by atoms with Crippen LogP contribution in [0.2, 0.25) is 0 Å². The van der Waals surface area contributed by atoms with Crippen LogP contribution in [0.15, 0.2) is 24.4 Å². The normalized spacial score (nSPS) is 12.3. The summed E-state index contributed by atoms with van der Waals surface area (Å²) in [6, 6.07) is 4.32. The maximum atomic E-state index is 12.4. The fraction of sp³-hybridized carbons (Fsp3) is 0.222. The van der Waals surface area contributed by atoms with E-state index in [1.807, 2.05) is 0 Å². The molecular formula is C9H7F3N2. The Morgan fingerprint density at radius 2 is 2.07 bits per heavy atom. The lowest BCUT2D eigenvalue weighted by Crippen LogP contribution is -2.10. The maximum absolute atomic E-state index is 12.4. The molecule has 0 aliphatic carbocycles. The summed E-state index contributed by atoms with van der Waals surface area (Å²) in [4.78, 5) is 3.88. The van der Waals surface area contributed by atoms with E-state index in [0.29, 0.717) is 11.0 Å². The lowest BCUT2D eigenvalue weighted by Gasteiger charge is -2.06. The van der Waals surface area contributed by atoms with E-state index in [4.69, 9.17) is 0 Å². The summed E-state index contributed by atoms with van der Waals surface area (Å²) < 4.78 is 38.4. The molecule has 0 atom stereocenters. The van der Waals surface area contributed by atoms with Crippen LogP contribution in [-0.4, -0.2) is 9.55 Å². The first-order chi connectivity index (χ1) is 6.50. The highest BCUT2D eigenvalue weighted by molar-refractivity contribution is 5.77. The molecule has 2 rings (SSSR count). The van der Waals surface area contributed by atoms with Gasteiger partial charge in [-0.1, -0.05) is 0 Å². The zero-order valence-electron chi connectivity index (χ0n) is 7.34. The Balaban J connectivity index is 2.75. The van der Waals surface area contributed by atoms with E-state index in [0.717, 1.165) is 10.6 Å². The molecule has 0 N–H and O–H groups in total. The van der Waals surface area contributed by atoms with Crippen LogP contribution in [0.5, 0.6) is 0 Å². The second-order valence-corrected chi connectivity index (χ2v) is 3.00. The zero-order valence-corrected chi connectivity index (χ0v) is 7.34. The Bertz CT molecular complexity index is 470. The van der Waals surface area contributed by atoms with E-state index in [1.54, 1.807) is 12.1 Å². The van der Waals surface area contributed by atoms with E-state index in [-0.39, 0.29) is 0 Å². The molecule has 2 aromatic heterocycles. The summed E-state index contributed by atoms with van der Waals surface area (Å²) in [5.74, 6) is 0. The summed E-state index contributed by atoms with van der Waals surface area (Å²) in [5.41, 5.74) is -0.328. The van der Waals surface area contributed by atoms with E-state index in [1.165, 1.54) is 13.2 Å². The summed E-state index contributed by atoms with van der Waals surface area (Å²) in [5, 5.41) is 0.502. The van der Waals surface area contributed by atoms with Crippen molar-refractivity contribution in [1.29, 1.82) is 0 Å². The first kappa shape index (κ1) is 9.05. The molecule has 0 fully saturated rings. The van der Waals surface area contributed by atoms with Gasteiger partial charge in [-0.15, -0.1) is 0 Å². The number of aromatic nitrogens is 2. The Labute approximate surface area is 78.0 Å². The zero-order chi connectivity index (χ0) is 10.3. The van der Waals surface area contributed by atoms with Crippen LogP contribution in [0.3, 0.4) is 0 Å². The smallest absolute Gasteiger partial charge is 0.325 e.